The first-order chi connectivity index (χ1) is 16.1. The molecular formula is C26H38O8. The lowest BCUT2D eigenvalue weighted by atomic mass is 10.1. The number of ether oxygens (including phenoxy) is 4. The molecular weight excluding hydrogens is 455 g/mol. The van der Waals surface area contributed by atoms with Crippen LogP contribution in [0.5, 0.6) is 0 Å². The third-order valence-corrected chi connectivity index (χ3v) is 6.42. The molecule has 2 aliphatic carbocycles. The van der Waals surface area contributed by atoms with Crippen LogP contribution in [0.3, 0.4) is 0 Å². The van der Waals surface area contributed by atoms with Crippen molar-refractivity contribution in [2.45, 2.75) is 91.5 Å². The maximum Gasteiger partial charge on any atom is 0.302 e. The van der Waals surface area contributed by atoms with Crippen molar-refractivity contribution in [1.82, 2.24) is 0 Å². The van der Waals surface area contributed by atoms with Crippen LogP contribution in [0.2, 0.25) is 0 Å². The predicted octanol–water partition coefficient (Wildman–Crippen LogP) is 4.06. The molecule has 8 heteroatoms. The molecule has 0 saturated heterocycles. The molecule has 0 aromatic carbocycles. The Balaban J connectivity index is 2.12. The zero-order valence-electron chi connectivity index (χ0n) is 20.9. The van der Waals surface area contributed by atoms with Gasteiger partial charge in [-0.3, -0.25) is 19.2 Å². The highest BCUT2D eigenvalue weighted by Gasteiger charge is 2.40. The third-order valence-electron chi connectivity index (χ3n) is 6.42. The molecule has 0 bridgehead atoms. The van der Waals surface area contributed by atoms with Gasteiger partial charge in [-0.1, -0.05) is 25.2 Å². The molecule has 190 valence electrons. The molecule has 6 atom stereocenters. The van der Waals surface area contributed by atoms with Gasteiger partial charge in [-0.25, -0.2) is 0 Å². The number of hydrogen-bond donors (Lipinski definition) is 0. The van der Waals surface area contributed by atoms with Gasteiger partial charge in [-0.2, -0.15) is 0 Å². The zero-order valence-corrected chi connectivity index (χ0v) is 20.9. The highest BCUT2D eigenvalue weighted by Crippen LogP contribution is 2.43. The van der Waals surface area contributed by atoms with E-state index in [1.54, 1.807) is 0 Å². The summed E-state index contributed by atoms with van der Waals surface area (Å²) >= 11 is 0. The summed E-state index contributed by atoms with van der Waals surface area (Å²) in [6.07, 6.45) is 9.01. The maximum absolute atomic E-state index is 11.8. The highest BCUT2D eigenvalue weighted by molar-refractivity contribution is 5.67. The fraction of sp³-hybridized carbons (Fsp3) is 0.692. The fourth-order valence-electron chi connectivity index (χ4n) is 5.09. The largest absolute Gasteiger partial charge is 0.466 e. The Morgan fingerprint density at radius 3 is 2.24 bits per heavy atom. The Morgan fingerprint density at radius 2 is 1.65 bits per heavy atom. The summed E-state index contributed by atoms with van der Waals surface area (Å²) in [5.41, 5.74) is 1.20. The molecule has 34 heavy (non-hydrogen) atoms. The van der Waals surface area contributed by atoms with Crippen LogP contribution in [0.1, 0.15) is 73.1 Å². The molecule has 8 nitrogen and oxygen atoms in total. The number of rotatable bonds is 11. The number of esters is 4. The van der Waals surface area contributed by atoms with Gasteiger partial charge in [0.15, 0.2) is 0 Å². The van der Waals surface area contributed by atoms with Crippen molar-refractivity contribution in [3.8, 4) is 0 Å². The molecule has 0 heterocycles. The summed E-state index contributed by atoms with van der Waals surface area (Å²) in [7, 11) is 0. The molecule has 0 aromatic heterocycles. The topological polar surface area (TPSA) is 105 Å². The van der Waals surface area contributed by atoms with E-state index in [0.717, 1.165) is 19.3 Å². The molecule has 0 fully saturated rings. The minimum absolute atomic E-state index is 0.101. The quantitative estimate of drug-likeness (QED) is 0.184. The first-order valence-corrected chi connectivity index (χ1v) is 12.1. The van der Waals surface area contributed by atoms with Crippen LogP contribution in [-0.2, 0) is 38.1 Å². The Hall–Kier alpha value is -2.64. The number of carbonyl (C=O) groups excluding carboxylic acids is 4. The summed E-state index contributed by atoms with van der Waals surface area (Å²) in [5.74, 6) is -0.945. The van der Waals surface area contributed by atoms with Crippen molar-refractivity contribution in [2.24, 2.45) is 17.8 Å². The van der Waals surface area contributed by atoms with Crippen LogP contribution < -0.4 is 0 Å². The van der Waals surface area contributed by atoms with E-state index in [2.05, 4.69) is 25.2 Å². The molecule has 0 radical (unpaired) electrons. The van der Waals surface area contributed by atoms with E-state index in [1.165, 1.54) is 33.3 Å². The van der Waals surface area contributed by atoms with Crippen LogP contribution in [0.25, 0.3) is 0 Å². The summed E-state index contributed by atoms with van der Waals surface area (Å²) in [5, 5.41) is 0. The van der Waals surface area contributed by atoms with E-state index in [1.807, 2.05) is 0 Å². The second-order valence-corrected chi connectivity index (χ2v) is 9.24. The second kappa shape index (κ2) is 13.3. The van der Waals surface area contributed by atoms with Crippen molar-refractivity contribution in [1.29, 1.82) is 0 Å². The number of fused-ring (bicyclic) bond motifs is 1. The normalized spacial score (nSPS) is 25.3. The van der Waals surface area contributed by atoms with Crippen LogP contribution >= 0.6 is 0 Å². The minimum atomic E-state index is -0.538. The Bertz CT molecular complexity index is 799. The van der Waals surface area contributed by atoms with Gasteiger partial charge in [-0.05, 0) is 43.1 Å². The second-order valence-electron chi connectivity index (χ2n) is 9.24. The van der Waals surface area contributed by atoms with E-state index < -0.39 is 30.1 Å². The first-order valence-electron chi connectivity index (χ1n) is 12.1. The van der Waals surface area contributed by atoms with Gasteiger partial charge in [0.05, 0.1) is 6.61 Å². The standard InChI is InChI=1S/C26H38O8/c1-16-9-10-21-7-6-8-25(34-20(5)30)26(21)24(16)12-11-22(32-18(3)28)15-23(33-19(4)29)13-14-31-17(2)27/h7,9-10,16,22-26H,6,8,11-15H2,1-5H3/t16-,22-,23+,24-,25-,26-/m0/s1/i7+1,8+1,10+1,12+1,14+1,16+1,22+1,23+1,26+1,31+2,32+2,33+2. The Kier molecular flexibility index (Phi) is 10.8. The monoisotopic (exact) mass is 493 g/mol. The Labute approximate surface area is 202 Å². The Morgan fingerprint density at radius 1 is 1.00 bits per heavy atom. The van der Waals surface area contributed by atoms with Crippen LogP contribution in [-0.4, -0.2) is 48.8 Å². The first kappa shape index (κ1) is 27.6. The van der Waals surface area contributed by atoms with Crippen molar-refractivity contribution in [3.05, 3.63) is 23.8 Å². The lowest BCUT2D eigenvalue weighted by Crippen LogP contribution is -2.39. The molecule has 0 amide bonds. The fourth-order valence-corrected chi connectivity index (χ4v) is 5.09. The summed E-state index contributed by atoms with van der Waals surface area (Å²) < 4.78 is 21.7. The average Bonchev–Trinajstić information content (AvgIpc) is 2.71. The summed E-state index contributed by atoms with van der Waals surface area (Å²) in [6.45, 7) is 7.71. The molecule has 2 rings (SSSR count). The molecule has 0 saturated carbocycles. The zero-order chi connectivity index (χ0) is 25.3. The number of carbonyl (C=O) groups is 4. The molecule has 0 spiro atoms. The minimum Gasteiger partial charge on any atom is -0.466 e. The van der Waals surface area contributed by atoms with Gasteiger partial charge in [-0.15, -0.1) is 0 Å². The van der Waals surface area contributed by atoms with Gasteiger partial charge >= 0.3 is 23.9 Å². The van der Waals surface area contributed by atoms with Crippen molar-refractivity contribution >= 4 is 23.9 Å². The highest BCUT2D eigenvalue weighted by atomic mass is 18.4. The van der Waals surface area contributed by atoms with E-state index in [0.29, 0.717) is 19.3 Å². The van der Waals surface area contributed by atoms with Crippen LogP contribution in [0, 0.1) is 17.8 Å². The van der Waals surface area contributed by atoms with E-state index in [9.17, 15) is 19.2 Å². The van der Waals surface area contributed by atoms with Crippen LogP contribution in [0.15, 0.2) is 23.8 Å². The van der Waals surface area contributed by atoms with Gasteiger partial charge in [0.2, 0.25) is 0 Å². The van der Waals surface area contributed by atoms with Gasteiger partial charge < -0.3 is 18.9 Å². The van der Waals surface area contributed by atoms with Crippen molar-refractivity contribution < 1.29 is 38.1 Å². The van der Waals surface area contributed by atoms with Crippen molar-refractivity contribution in [3.63, 3.8) is 0 Å². The van der Waals surface area contributed by atoms with Crippen molar-refractivity contribution in [2.75, 3.05) is 6.61 Å². The lowest BCUT2D eigenvalue weighted by Gasteiger charge is -2.42. The molecule has 0 unspecified atom stereocenters. The van der Waals surface area contributed by atoms with Gasteiger partial charge in [0.25, 0.3) is 0 Å². The van der Waals surface area contributed by atoms with Gasteiger partial charge in [0.1, 0.15) is 18.3 Å². The maximum atomic E-state index is 11.8. The number of hydrogen-bond acceptors (Lipinski definition) is 8. The van der Waals surface area contributed by atoms with Gasteiger partial charge in [0, 0.05) is 46.5 Å². The molecule has 0 aromatic rings. The van der Waals surface area contributed by atoms with E-state index >= 15 is 0 Å². The smallest absolute Gasteiger partial charge is 0.302 e. The predicted molar refractivity (Wildman–Crippen MR) is 124 cm³/mol. The summed E-state index contributed by atoms with van der Waals surface area (Å²) in [6, 6.07) is 0. The number of allylic oxidation sites excluding steroid dienone is 3. The van der Waals surface area contributed by atoms with E-state index in [4.69, 9.17) is 18.9 Å². The average molecular weight is 494 g/mol. The third kappa shape index (κ3) is 8.95. The van der Waals surface area contributed by atoms with E-state index in [-0.39, 0.29) is 36.4 Å². The SMILES string of the molecule is CC(=O)O[C@H]1[13CH2]C[13CH]=C2[13CH]=C[13C@H](C)[C@H]([13CH2]C[13C@@H](C[13C@@H](C[13CH2][18O]C(C)=O)[18O]C(C)=O)[18O]C(C)=O)[13C@H]21. The molecule has 0 N–H and O–H groups in total. The molecule has 2 aliphatic rings. The molecule has 0 aliphatic heterocycles. The lowest BCUT2D eigenvalue weighted by molar-refractivity contribution is -0.155. The summed E-state index contributed by atoms with van der Waals surface area (Å²) in [4.78, 5) is 46.2. The van der Waals surface area contributed by atoms with Crippen LogP contribution in [0.4, 0.5) is 0 Å².